The molecule has 0 aromatic heterocycles. The molecule has 7 nitrogen and oxygen atoms in total. The molecular formula is C24H29NO6. The predicted molar refractivity (Wildman–Crippen MR) is 117 cm³/mol. The molecule has 2 rings (SSSR count). The van der Waals surface area contributed by atoms with Gasteiger partial charge >= 0.3 is 0 Å². The van der Waals surface area contributed by atoms with Gasteiger partial charge in [-0.15, -0.1) is 6.58 Å². The Kier molecular flexibility index (Phi) is 9.58. The zero-order valence-corrected chi connectivity index (χ0v) is 18.2. The SMILES string of the molecule is C=CCN(C(C)=O)[C@H](COc1ccc(OC)cc1)[C@@H](C=O)OCc1ccc(OC)cc1. The van der Waals surface area contributed by atoms with Gasteiger partial charge in [0.25, 0.3) is 0 Å². The predicted octanol–water partition coefficient (Wildman–Crippen LogP) is 3.27. The Morgan fingerprint density at radius 1 is 1.00 bits per heavy atom. The van der Waals surface area contributed by atoms with Crippen LogP contribution in [-0.2, 0) is 20.9 Å². The zero-order chi connectivity index (χ0) is 22.6. The molecule has 0 aliphatic carbocycles. The number of ether oxygens (including phenoxy) is 4. The Labute approximate surface area is 183 Å². The highest BCUT2D eigenvalue weighted by Gasteiger charge is 2.30. The van der Waals surface area contributed by atoms with Crippen LogP contribution in [0, 0.1) is 0 Å². The first-order valence-electron chi connectivity index (χ1n) is 9.87. The second kappa shape index (κ2) is 12.4. The van der Waals surface area contributed by atoms with E-state index in [-0.39, 0.29) is 25.7 Å². The highest BCUT2D eigenvalue weighted by molar-refractivity contribution is 5.74. The summed E-state index contributed by atoms with van der Waals surface area (Å²) < 4.78 is 22.0. The summed E-state index contributed by atoms with van der Waals surface area (Å²) in [5, 5.41) is 0. The van der Waals surface area contributed by atoms with Crippen LogP contribution in [0.25, 0.3) is 0 Å². The van der Waals surface area contributed by atoms with Crippen molar-refractivity contribution in [3.8, 4) is 17.2 Å². The van der Waals surface area contributed by atoms with Crippen molar-refractivity contribution >= 4 is 12.2 Å². The van der Waals surface area contributed by atoms with Crippen molar-refractivity contribution in [3.05, 3.63) is 66.7 Å². The fourth-order valence-corrected chi connectivity index (χ4v) is 3.01. The first kappa shape index (κ1) is 24.0. The Morgan fingerprint density at radius 3 is 2.03 bits per heavy atom. The minimum absolute atomic E-state index is 0.0752. The number of carbonyl (C=O) groups is 2. The number of amides is 1. The van der Waals surface area contributed by atoms with Gasteiger partial charge in [0.1, 0.15) is 30.0 Å². The lowest BCUT2D eigenvalue weighted by atomic mass is 10.1. The molecule has 0 spiro atoms. The van der Waals surface area contributed by atoms with Gasteiger partial charge < -0.3 is 28.6 Å². The maximum atomic E-state index is 12.3. The minimum atomic E-state index is -0.885. The van der Waals surface area contributed by atoms with Crippen LogP contribution in [0.2, 0.25) is 0 Å². The van der Waals surface area contributed by atoms with Gasteiger partial charge in [0.05, 0.1) is 26.9 Å². The van der Waals surface area contributed by atoms with Crippen LogP contribution >= 0.6 is 0 Å². The third-order valence-electron chi connectivity index (χ3n) is 4.73. The molecule has 0 saturated carbocycles. The molecule has 0 heterocycles. The molecule has 1 amide bonds. The normalized spacial score (nSPS) is 12.4. The van der Waals surface area contributed by atoms with Gasteiger partial charge in [-0.2, -0.15) is 0 Å². The van der Waals surface area contributed by atoms with Crippen LogP contribution in [0.15, 0.2) is 61.2 Å². The van der Waals surface area contributed by atoms with Crippen LogP contribution in [0.3, 0.4) is 0 Å². The fourth-order valence-electron chi connectivity index (χ4n) is 3.01. The summed E-state index contributed by atoms with van der Waals surface area (Å²) in [7, 11) is 3.18. The minimum Gasteiger partial charge on any atom is -0.497 e. The number of hydrogen-bond donors (Lipinski definition) is 0. The molecule has 2 aromatic carbocycles. The van der Waals surface area contributed by atoms with Crippen molar-refractivity contribution in [3.63, 3.8) is 0 Å². The highest BCUT2D eigenvalue weighted by atomic mass is 16.5. The number of methoxy groups -OCH3 is 2. The van der Waals surface area contributed by atoms with Gasteiger partial charge in [-0.05, 0) is 42.0 Å². The van der Waals surface area contributed by atoms with Gasteiger partial charge in [0.15, 0.2) is 6.29 Å². The number of nitrogens with zero attached hydrogens (tertiary/aromatic N) is 1. The van der Waals surface area contributed by atoms with E-state index in [1.807, 2.05) is 24.3 Å². The third-order valence-corrected chi connectivity index (χ3v) is 4.73. The molecule has 0 aliphatic rings. The molecule has 0 saturated heterocycles. The largest absolute Gasteiger partial charge is 0.497 e. The molecule has 0 radical (unpaired) electrons. The molecule has 31 heavy (non-hydrogen) atoms. The van der Waals surface area contributed by atoms with Crippen molar-refractivity contribution < 1.29 is 28.5 Å². The van der Waals surface area contributed by atoms with E-state index in [0.29, 0.717) is 17.8 Å². The van der Waals surface area contributed by atoms with Gasteiger partial charge in [-0.3, -0.25) is 4.79 Å². The molecular weight excluding hydrogens is 398 g/mol. The van der Waals surface area contributed by atoms with Crippen LogP contribution in [0.4, 0.5) is 0 Å². The van der Waals surface area contributed by atoms with Gasteiger partial charge in [0.2, 0.25) is 5.91 Å². The summed E-state index contributed by atoms with van der Waals surface area (Å²) in [5.74, 6) is 1.82. The third kappa shape index (κ3) is 7.15. The van der Waals surface area contributed by atoms with Crippen LogP contribution in [0.5, 0.6) is 17.2 Å². The average Bonchev–Trinajstić information content (AvgIpc) is 2.80. The molecule has 0 bridgehead atoms. The summed E-state index contributed by atoms with van der Waals surface area (Å²) in [5.41, 5.74) is 0.876. The smallest absolute Gasteiger partial charge is 0.220 e. The van der Waals surface area contributed by atoms with E-state index < -0.39 is 12.1 Å². The van der Waals surface area contributed by atoms with Gasteiger partial charge in [0, 0.05) is 13.5 Å². The molecule has 0 N–H and O–H groups in total. The Morgan fingerprint density at radius 2 is 1.55 bits per heavy atom. The van der Waals surface area contributed by atoms with E-state index in [1.54, 1.807) is 44.6 Å². The maximum absolute atomic E-state index is 12.3. The molecule has 2 atom stereocenters. The highest BCUT2D eigenvalue weighted by Crippen LogP contribution is 2.19. The Hall–Kier alpha value is -3.32. The standard InChI is InChI=1S/C24H29NO6/c1-5-14-25(18(2)27)23(17-30-22-12-10-21(29-4)11-13-22)24(15-26)31-16-19-6-8-20(28-3)9-7-19/h5-13,15,23-24H,1,14,16-17H2,2-4H3/t23-,24-/m1/s1. The summed E-state index contributed by atoms with van der Waals surface area (Å²) in [4.78, 5) is 25.7. The van der Waals surface area contributed by atoms with Crippen LogP contribution < -0.4 is 14.2 Å². The summed E-state index contributed by atoms with van der Waals surface area (Å²) in [6, 6.07) is 13.8. The molecule has 0 unspecified atom stereocenters. The number of carbonyl (C=O) groups excluding carboxylic acids is 2. The summed E-state index contributed by atoms with van der Waals surface area (Å²) in [6.45, 7) is 5.69. The lowest BCUT2D eigenvalue weighted by Crippen LogP contribution is -2.51. The summed E-state index contributed by atoms with van der Waals surface area (Å²) >= 11 is 0. The molecule has 0 aliphatic heterocycles. The lowest BCUT2D eigenvalue weighted by Gasteiger charge is -2.33. The Balaban J connectivity index is 2.15. The number of aldehydes is 1. The first-order chi connectivity index (χ1) is 15.0. The van der Waals surface area contributed by atoms with E-state index in [0.717, 1.165) is 11.3 Å². The van der Waals surface area contributed by atoms with Crippen molar-refractivity contribution in [2.75, 3.05) is 27.4 Å². The zero-order valence-electron chi connectivity index (χ0n) is 18.2. The topological polar surface area (TPSA) is 74.3 Å². The van der Waals surface area contributed by atoms with Crippen molar-refractivity contribution in [1.82, 2.24) is 4.90 Å². The summed E-state index contributed by atoms with van der Waals surface area (Å²) in [6.07, 6.45) is 1.42. The van der Waals surface area contributed by atoms with Crippen LogP contribution in [0.1, 0.15) is 12.5 Å². The van der Waals surface area contributed by atoms with Gasteiger partial charge in [-0.25, -0.2) is 0 Å². The maximum Gasteiger partial charge on any atom is 0.220 e. The monoisotopic (exact) mass is 427 g/mol. The molecule has 2 aromatic rings. The number of rotatable bonds is 13. The molecule has 7 heteroatoms. The van der Waals surface area contributed by atoms with Crippen molar-refractivity contribution in [2.45, 2.75) is 25.7 Å². The number of hydrogen-bond acceptors (Lipinski definition) is 6. The van der Waals surface area contributed by atoms with Crippen molar-refractivity contribution in [2.24, 2.45) is 0 Å². The average molecular weight is 427 g/mol. The Bertz CT molecular complexity index is 834. The lowest BCUT2D eigenvalue weighted by molar-refractivity contribution is -0.139. The van der Waals surface area contributed by atoms with E-state index in [2.05, 4.69) is 6.58 Å². The van der Waals surface area contributed by atoms with E-state index in [9.17, 15) is 9.59 Å². The van der Waals surface area contributed by atoms with E-state index in [1.165, 1.54) is 11.8 Å². The van der Waals surface area contributed by atoms with E-state index in [4.69, 9.17) is 18.9 Å². The van der Waals surface area contributed by atoms with E-state index >= 15 is 0 Å². The molecule has 0 fully saturated rings. The fraction of sp³-hybridized carbons (Fsp3) is 0.333. The van der Waals surface area contributed by atoms with Crippen LogP contribution in [-0.4, -0.2) is 56.6 Å². The molecule has 166 valence electrons. The van der Waals surface area contributed by atoms with Crippen molar-refractivity contribution in [1.29, 1.82) is 0 Å². The van der Waals surface area contributed by atoms with Gasteiger partial charge in [-0.1, -0.05) is 18.2 Å². The second-order valence-corrected chi connectivity index (χ2v) is 6.77. The quantitative estimate of drug-likeness (QED) is 0.361. The number of benzene rings is 2. The second-order valence-electron chi connectivity index (χ2n) is 6.77. The first-order valence-corrected chi connectivity index (χ1v) is 9.87.